The zero-order chi connectivity index (χ0) is 14.4. The smallest absolute Gasteiger partial charge is 0.287 e. The fourth-order valence-corrected chi connectivity index (χ4v) is 1.86. The van der Waals surface area contributed by atoms with Crippen molar-refractivity contribution in [2.24, 2.45) is 0 Å². The monoisotopic (exact) mass is 293 g/mol. The van der Waals surface area contributed by atoms with Gasteiger partial charge in [-0.1, -0.05) is 11.6 Å². The van der Waals surface area contributed by atoms with E-state index in [1.165, 1.54) is 0 Å². The minimum atomic E-state index is -0.221. The summed E-state index contributed by atoms with van der Waals surface area (Å²) in [5.41, 5.74) is 0.882. The SMILES string of the molecule is COCCCNC(=O)c1ccc(-c2ccc(Cl)cc2)o1. The minimum absolute atomic E-state index is 0.221. The highest BCUT2D eigenvalue weighted by Gasteiger charge is 2.11. The van der Waals surface area contributed by atoms with E-state index >= 15 is 0 Å². The third kappa shape index (κ3) is 3.85. The second kappa shape index (κ2) is 7.12. The van der Waals surface area contributed by atoms with Crippen molar-refractivity contribution < 1.29 is 13.9 Å². The van der Waals surface area contributed by atoms with Gasteiger partial charge in [0.25, 0.3) is 5.91 Å². The molecule has 2 aromatic rings. The van der Waals surface area contributed by atoms with Gasteiger partial charge in [-0.25, -0.2) is 0 Å². The number of hydrogen-bond acceptors (Lipinski definition) is 3. The molecule has 0 fully saturated rings. The van der Waals surface area contributed by atoms with E-state index in [1.807, 2.05) is 12.1 Å². The summed E-state index contributed by atoms with van der Waals surface area (Å²) >= 11 is 5.83. The Morgan fingerprint density at radius 3 is 2.70 bits per heavy atom. The molecular formula is C15H16ClNO3. The number of amides is 1. The van der Waals surface area contributed by atoms with E-state index in [1.54, 1.807) is 31.4 Å². The molecule has 1 amide bonds. The summed E-state index contributed by atoms with van der Waals surface area (Å²) in [6.45, 7) is 1.18. The molecule has 0 bridgehead atoms. The number of ether oxygens (including phenoxy) is 1. The number of methoxy groups -OCH3 is 1. The van der Waals surface area contributed by atoms with Crippen molar-refractivity contribution in [3.8, 4) is 11.3 Å². The predicted octanol–water partition coefficient (Wildman–Crippen LogP) is 3.37. The van der Waals surface area contributed by atoms with E-state index in [-0.39, 0.29) is 5.91 Å². The molecule has 2 rings (SSSR count). The summed E-state index contributed by atoms with van der Waals surface area (Å²) < 4.78 is 10.5. The van der Waals surface area contributed by atoms with Crippen molar-refractivity contribution in [1.29, 1.82) is 0 Å². The minimum Gasteiger partial charge on any atom is -0.451 e. The van der Waals surface area contributed by atoms with Gasteiger partial charge < -0.3 is 14.5 Å². The molecule has 4 nitrogen and oxygen atoms in total. The van der Waals surface area contributed by atoms with Gasteiger partial charge in [-0.3, -0.25) is 4.79 Å². The Morgan fingerprint density at radius 1 is 1.25 bits per heavy atom. The fourth-order valence-electron chi connectivity index (χ4n) is 1.73. The summed E-state index contributed by atoms with van der Waals surface area (Å²) in [6, 6.07) is 10.7. The van der Waals surface area contributed by atoms with Crippen LogP contribution in [-0.2, 0) is 4.74 Å². The van der Waals surface area contributed by atoms with Crippen LogP contribution in [0, 0.1) is 0 Å². The number of hydrogen-bond donors (Lipinski definition) is 1. The molecule has 20 heavy (non-hydrogen) atoms. The quantitative estimate of drug-likeness (QED) is 0.831. The highest BCUT2D eigenvalue weighted by atomic mass is 35.5. The first-order valence-corrected chi connectivity index (χ1v) is 6.71. The third-order valence-electron chi connectivity index (χ3n) is 2.77. The van der Waals surface area contributed by atoms with Crippen LogP contribution in [0.5, 0.6) is 0 Å². The number of carbonyl (C=O) groups is 1. The van der Waals surface area contributed by atoms with Crippen LogP contribution >= 0.6 is 11.6 Å². The Balaban J connectivity index is 1.98. The van der Waals surface area contributed by atoms with E-state index in [9.17, 15) is 4.79 Å². The molecular weight excluding hydrogens is 278 g/mol. The summed E-state index contributed by atoms with van der Waals surface area (Å²) in [5.74, 6) is 0.720. The highest BCUT2D eigenvalue weighted by molar-refractivity contribution is 6.30. The van der Waals surface area contributed by atoms with Gasteiger partial charge in [0.2, 0.25) is 0 Å². The molecule has 1 aromatic carbocycles. The van der Waals surface area contributed by atoms with Gasteiger partial charge in [-0.2, -0.15) is 0 Å². The zero-order valence-electron chi connectivity index (χ0n) is 11.2. The molecule has 106 valence electrons. The molecule has 5 heteroatoms. The molecule has 0 aliphatic heterocycles. The molecule has 1 N–H and O–H groups in total. The average Bonchev–Trinajstić information content (AvgIpc) is 2.94. The molecule has 1 aromatic heterocycles. The van der Waals surface area contributed by atoms with Crippen molar-refractivity contribution in [1.82, 2.24) is 5.32 Å². The van der Waals surface area contributed by atoms with Crippen LogP contribution < -0.4 is 5.32 Å². The maximum Gasteiger partial charge on any atom is 0.287 e. The molecule has 0 atom stereocenters. The number of carbonyl (C=O) groups excluding carboxylic acids is 1. The standard InChI is InChI=1S/C15H16ClNO3/c1-19-10-2-9-17-15(18)14-8-7-13(20-14)11-3-5-12(16)6-4-11/h3-8H,2,9-10H2,1H3,(H,17,18). The molecule has 0 aliphatic carbocycles. The lowest BCUT2D eigenvalue weighted by Crippen LogP contribution is -2.24. The maximum absolute atomic E-state index is 11.8. The predicted molar refractivity (Wildman–Crippen MR) is 78.0 cm³/mol. The van der Waals surface area contributed by atoms with Gasteiger partial charge in [0, 0.05) is 30.8 Å². The molecule has 1 heterocycles. The number of benzene rings is 1. The van der Waals surface area contributed by atoms with Crippen molar-refractivity contribution in [3.05, 3.63) is 47.2 Å². The molecule has 0 unspecified atom stereocenters. The van der Waals surface area contributed by atoms with Crippen LogP contribution in [0.15, 0.2) is 40.8 Å². The fraction of sp³-hybridized carbons (Fsp3) is 0.267. The second-order valence-corrected chi connectivity index (χ2v) is 4.71. The largest absolute Gasteiger partial charge is 0.451 e. The van der Waals surface area contributed by atoms with Gasteiger partial charge >= 0.3 is 0 Å². The number of furan rings is 1. The molecule has 0 saturated heterocycles. The molecule has 0 radical (unpaired) electrons. The van der Waals surface area contributed by atoms with Gasteiger partial charge in [0.15, 0.2) is 5.76 Å². The topological polar surface area (TPSA) is 51.5 Å². The van der Waals surface area contributed by atoms with Crippen LogP contribution in [0.4, 0.5) is 0 Å². The second-order valence-electron chi connectivity index (χ2n) is 4.27. The Hall–Kier alpha value is -1.78. The number of halogens is 1. The number of nitrogens with one attached hydrogen (secondary N) is 1. The number of rotatable bonds is 6. The maximum atomic E-state index is 11.8. The van der Waals surface area contributed by atoms with Crippen molar-refractivity contribution in [2.75, 3.05) is 20.3 Å². The Morgan fingerprint density at radius 2 is 2.00 bits per heavy atom. The summed E-state index contributed by atoms with van der Waals surface area (Å²) in [7, 11) is 1.63. The van der Waals surface area contributed by atoms with Crippen LogP contribution in [0.3, 0.4) is 0 Å². The lowest BCUT2D eigenvalue weighted by atomic mass is 10.2. The van der Waals surface area contributed by atoms with E-state index < -0.39 is 0 Å². The first kappa shape index (κ1) is 14.6. The van der Waals surface area contributed by atoms with E-state index in [0.717, 1.165) is 12.0 Å². The zero-order valence-corrected chi connectivity index (χ0v) is 11.9. The first-order valence-electron chi connectivity index (χ1n) is 6.33. The van der Waals surface area contributed by atoms with Crippen LogP contribution in [0.1, 0.15) is 17.0 Å². The van der Waals surface area contributed by atoms with Crippen molar-refractivity contribution >= 4 is 17.5 Å². The van der Waals surface area contributed by atoms with Gasteiger partial charge in [-0.05, 0) is 42.8 Å². The lowest BCUT2D eigenvalue weighted by Gasteiger charge is -2.02. The average molecular weight is 294 g/mol. The van der Waals surface area contributed by atoms with Gasteiger partial charge in [-0.15, -0.1) is 0 Å². The van der Waals surface area contributed by atoms with Crippen LogP contribution in [0.25, 0.3) is 11.3 Å². The Kier molecular flexibility index (Phi) is 5.21. The molecule has 0 aliphatic rings. The highest BCUT2D eigenvalue weighted by Crippen LogP contribution is 2.23. The van der Waals surface area contributed by atoms with E-state index in [2.05, 4.69) is 5.32 Å². The molecule has 0 spiro atoms. The van der Waals surface area contributed by atoms with Crippen LogP contribution in [-0.4, -0.2) is 26.2 Å². The lowest BCUT2D eigenvalue weighted by molar-refractivity contribution is 0.0922. The summed E-state index contributed by atoms with van der Waals surface area (Å²) in [6.07, 6.45) is 0.771. The summed E-state index contributed by atoms with van der Waals surface area (Å²) in [4.78, 5) is 11.8. The van der Waals surface area contributed by atoms with E-state index in [0.29, 0.717) is 29.7 Å². The Labute approximate surface area is 122 Å². The van der Waals surface area contributed by atoms with Gasteiger partial charge in [0.1, 0.15) is 5.76 Å². The van der Waals surface area contributed by atoms with Crippen molar-refractivity contribution in [3.63, 3.8) is 0 Å². The first-order chi connectivity index (χ1) is 9.70. The Bertz CT molecular complexity index is 563. The van der Waals surface area contributed by atoms with Crippen molar-refractivity contribution in [2.45, 2.75) is 6.42 Å². The van der Waals surface area contributed by atoms with Gasteiger partial charge in [0.05, 0.1) is 0 Å². The van der Waals surface area contributed by atoms with E-state index in [4.69, 9.17) is 20.8 Å². The summed E-state index contributed by atoms with van der Waals surface area (Å²) in [5, 5.41) is 3.44. The normalized spacial score (nSPS) is 10.5. The molecule has 0 saturated carbocycles. The third-order valence-corrected chi connectivity index (χ3v) is 3.02. The van der Waals surface area contributed by atoms with Crippen LogP contribution in [0.2, 0.25) is 5.02 Å².